The number of nitrogens with one attached hydrogen (secondary N) is 1. The molecule has 0 bridgehead atoms. The second-order valence-corrected chi connectivity index (χ2v) is 18.3. The lowest BCUT2D eigenvalue weighted by Crippen LogP contribution is -2.53. The molecule has 4 aliphatic rings. The van der Waals surface area contributed by atoms with Gasteiger partial charge in [-0.05, 0) is 131 Å². The number of carbonyl (C=O) groups is 4. The highest BCUT2D eigenvalue weighted by molar-refractivity contribution is 14.1. The van der Waals surface area contributed by atoms with Gasteiger partial charge in [0.2, 0.25) is 11.8 Å². The van der Waals surface area contributed by atoms with Gasteiger partial charge in [0, 0.05) is 16.5 Å². The summed E-state index contributed by atoms with van der Waals surface area (Å²) in [5.74, 6) is -3.92. The molecular formula is C50H42Cl2IN3O9. The molecule has 332 valence electrons. The van der Waals surface area contributed by atoms with E-state index >= 15 is 9.59 Å². The lowest BCUT2D eigenvalue weighted by Gasteiger charge is -2.50. The van der Waals surface area contributed by atoms with Gasteiger partial charge in [0.25, 0.3) is 11.8 Å². The molecule has 65 heavy (non-hydrogen) atoms. The van der Waals surface area contributed by atoms with Gasteiger partial charge in [0.1, 0.15) is 17.2 Å². The number of fused-ring (bicyclic) bond motifs is 4. The van der Waals surface area contributed by atoms with Crippen molar-refractivity contribution in [3.8, 4) is 28.7 Å². The van der Waals surface area contributed by atoms with Gasteiger partial charge in [-0.2, -0.15) is 5.01 Å². The highest BCUT2D eigenvalue weighted by Gasteiger charge is 2.70. The van der Waals surface area contributed by atoms with Gasteiger partial charge in [0.15, 0.2) is 11.5 Å². The first-order valence-corrected chi connectivity index (χ1v) is 22.6. The highest BCUT2D eigenvalue weighted by Crippen LogP contribution is 2.65. The molecule has 1 saturated carbocycles. The minimum absolute atomic E-state index is 0.0727. The van der Waals surface area contributed by atoms with Crippen molar-refractivity contribution in [1.29, 1.82) is 0 Å². The quantitative estimate of drug-likeness (QED) is 0.0568. The van der Waals surface area contributed by atoms with Crippen molar-refractivity contribution in [3.63, 3.8) is 0 Å². The number of anilines is 2. The fraction of sp³-hybridized carbons (Fsp3) is 0.240. The van der Waals surface area contributed by atoms with Crippen LogP contribution in [0.15, 0.2) is 109 Å². The number of imide groups is 2. The van der Waals surface area contributed by atoms with Crippen LogP contribution in [-0.2, 0) is 24.6 Å². The summed E-state index contributed by atoms with van der Waals surface area (Å²) in [4.78, 5) is 61.6. The number of hydrazine groups is 1. The number of ether oxygens (including phenoxy) is 4. The van der Waals surface area contributed by atoms with Crippen LogP contribution >= 0.6 is 45.8 Å². The smallest absolute Gasteiger partial charge is 0.260 e. The first-order valence-electron chi connectivity index (χ1n) is 20.7. The average Bonchev–Trinajstić information content (AvgIpc) is 3.70. The fourth-order valence-electron chi connectivity index (χ4n) is 10.3. The molecule has 9 rings (SSSR count). The van der Waals surface area contributed by atoms with E-state index in [1.807, 2.05) is 71.2 Å². The molecule has 15 heteroatoms. The van der Waals surface area contributed by atoms with Crippen LogP contribution in [0, 0.1) is 27.2 Å². The number of hydrogen-bond acceptors (Lipinski definition) is 10. The van der Waals surface area contributed by atoms with Crippen molar-refractivity contribution in [3.05, 3.63) is 145 Å². The van der Waals surface area contributed by atoms with Crippen molar-refractivity contribution < 1.29 is 43.2 Å². The summed E-state index contributed by atoms with van der Waals surface area (Å²) in [5.41, 5.74) is 5.62. The van der Waals surface area contributed by atoms with Crippen LogP contribution in [0.25, 0.3) is 12.2 Å². The molecular weight excluding hydrogens is 984 g/mol. The fourth-order valence-corrected chi connectivity index (χ4v) is 11.4. The number of nitrogens with zero attached hydrogens (tertiary/aromatic N) is 2. The summed E-state index contributed by atoms with van der Waals surface area (Å²) in [5, 5.41) is 12.6. The maximum atomic E-state index is 15.7. The molecule has 0 aromatic heterocycles. The lowest BCUT2D eigenvalue weighted by atomic mass is 9.49. The standard InChI is InChI=1S/C50H42Cl2IN3O9/c1-62-32-14-9-29(10-15-32)50-37(47(59)56(49(50)61)54-40-19-11-30(51)24-38(40)52)25-36-34(44(50)28-22-39(53)45(57)42(23-28)65-4)17-18-35-43(36)48(60)55(46(35)58)31-12-6-26(7-13-31)5-8-27-21-33(63-2)16-20-41(27)64-3/h5-17,19-24,35-37,43-44,54,57H,18,25H2,1-4H3. The zero-order valence-corrected chi connectivity index (χ0v) is 39.2. The number of carbonyl (C=O) groups excluding carboxylic acids is 4. The third kappa shape index (κ3) is 7.28. The number of phenols is 1. The van der Waals surface area contributed by atoms with Gasteiger partial charge in [0.05, 0.1) is 71.6 Å². The van der Waals surface area contributed by atoms with Crippen molar-refractivity contribution in [2.75, 3.05) is 38.8 Å². The summed E-state index contributed by atoms with van der Waals surface area (Å²) in [6.07, 6.45) is 6.07. The summed E-state index contributed by atoms with van der Waals surface area (Å²) < 4.78 is 22.5. The molecule has 12 nitrogen and oxygen atoms in total. The predicted octanol–water partition coefficient (Wildman–Crippen LogP) is 9.70. The largest absolute Gasteiger partial charge is 0.504 e. The Morgan fingerprint density at radius 2 is 1.46 bits per heavy atom. The van der Waals surface area contributed by atoms with Crippen LogP contribution in [0.2, 0.25) is 10.0 Å². The van der Waals surface area contributed by atoms with Crippen LogP contribution in [-0.4, -0.2) is 62.2 Å². The first-order chi connectivity index (χ1) is 31.3. The molecule has 0 radical (unpaired) electrons. The van der Waals surface area contributed by atoms with Gasteiger partial charge in [-0.3, -0.25) is 29.5 Å². The topological polar surface area (TPSA) is 144 Å². The zero-order chi connectivity index (χ0) is 45.9. The normalized spacial score (nSPS) is 23.6. The monoisotopic (exact) mass is 1030 g/mol. The summed E-state index contributed by atoms with van der Waals surface area (Å²) >= 11 is 14.9. The Morgan fingerprint density at radius 1 is 0.754 bits per heavy atom. The first kappa shape index (κ1) is 44.2. The number of methoxy groups -OCH3 is 4. The van der Waals surface area contributed by atoms with E-state index in [4.69, 9.17) is 42.1 Å². The van der Waals surface area contributed by atoms with E-state index in [0.29, 0.717) is 42.7 Å². The Kier molecular flexibility index (Phi) is 11.8. The molecule has 2 aliphatic heterocycles. The van der Waals surface area contributed by atoms with Crippen molar-refractivity contribution in [1.82, 2.24) is 5.01 Å². The Labute approximate surface area is 398 Å². The van der Waals surface area contributed by atoms with Crippen LogP contribution in [0.3, 0.4) is 0 Å². The second-order valence-electron chi connectivity index (χ2n) is 16.3. The molecule has 6 atom stereocenters. The third-order valence-electron chi connectivity index (χ3n) is 13.2. The number of aromatic hydroxyl groups is 1. The van der Waals surface area contributed by atoms with E-state index in [0.717, 1.165) is 21.7 Å². The molecule has 2 saturated heterocycles. The Morgan fingerprint density at radius 3 is 2.14 bits per heavy atom. The third-order valence-corrected chi connectivity index (χ3v) is 14.6. The summed E-state index contributed by atoms with van der Waals surface area (Å²) in [6.45, 7) is 0. The number of phenolic OH excluding ortho intramolecular Hbond substituents is 1. The summed E-state index contributed by atoms with van der Waals surface area (Å²) in [6, 6.07) is 27.9. The van der Waals surface area contributed by atoms with Crippen LogP contribution in [0.1, 0.15) is 41.0 Å². The van der Waals surface area contributed by atoms with Gasteiger partial charge >= 0.3 is 0 Å². The number of hydrogen-bond donors (Lipinski definition) is 2. The van der Waals surface area contributed by atoms with Crippen molar-refractivity contribution in [2.45, 2.75) is 24.2 Å². The molecule has 2 N–H and O–H groups in total. The Hall–Kier alpha value is -6.03. The summed E-state index contributed by atoms with van der Waals surface area (Å²) in [7, 11) is 6.17. The van der Waals surface area contributed by atoms with E-state index < -0.39 is 46.8 Å². The molecule has 2 heterocycles. The van der Waals surface area contributed by atoms with E-state index in [1.54, 1.807) is 82.0 Å². The number of allylic oxidation sites excluding steroid dienone is 2. The van der Waals surface area contributed by atoms with Gasteiger partial charge in [-0.15, -0.1) is 0 Å². The van der Waals surface area contributed by atoms with E-state index in [9.17, 15) is 14.7 Å². The Bertz CT molecular complexity index is 2830. The molecule has 3 fully saturated rings. The van der Waals surface area contributed by atoms with Gasteiger partial charge in [-0.25, -0.2) is 0 Å². The van der Waals surface area contributed by atoms with Crippen LogP contribution in [0.5, 0.6) is 28.7 Å². The van der Waals surface area contributed by atoms with E-state index in [1.165, 1.54) is 18.1 Å². The molecule has 6 unspecified atom stereocenters. The predicted molar refractivity (Wildman–Crippen MR) is 255 cm³/mol. The minimum Gasteiger partial charge on any atom is -0.504 e. The van der Waals surface area contributed by atoms with Crippen LogP contribution in [0.4, 0.5) is 11.4 Å². The molecule has 5 aromatic carbocycles. The number of rotatable bonds is 11. The molecule has 4 amide bonds. The van der Waals surface area contributed by atoms with E-state index in [2.05, 4.69) is 5.43 Å². The Balaban J connectivity index is 1.14. The van der Waals surface area contributed by atoms with Gasteiger partial charge < -0.3 is 24.1 Å². The molecule has 2 aliphatic carbocycles. The maximum Gasteiger partial charge on any atom is 0.260 e. The number of amides is 4. The second kappa shape index (κ2) is 17.4. The van der Waals surface area contributed by atoms with Crippen molar-refractivity contribution >= 4 is 92.9 Å². The minimum atomic E-state index is -1.60. The molecule has 0 spiro atoms. The zero-order valence-electron chi connectivity index (χ0n) is 35.5. The molecule has 5 aromatic rings. The van der Waals surface area contributed by atoms with E-state index in [-0.39, 0.29) is 46.9 Å². The van der Waals surface area contributed by atoms with Crippen molar-refractivity contribution in [2.24, 2.45) is 23.7 Å². The highest BCUT2D eigenvalue weighted by atomic mass is 127. The van der Waals surface area contributed by atoms with Crippen LogP contribution < -0.4 is 29.3 Å². The SMILES string of the molecule is COc1ccc(C23C(=O)N(Nc4ccc(Cl)cc4Cl)C(=O)C2CC2C(=CCC4C(=O)N(c5ccc(C=Cc6cc(OC)ccc6OC)cc5)C(=O)C42)C3c2cc(I)c(O)c(OC)c2)cc1. The average molecular weight is 1030 g/mol. The lowest BCUT2D eigenvalue weighted by molar-refractivity contribution is -0.138. The number of halogens is 3. The van der Waals surface area contributed by atoms with Gasteiger partial charge in [-0.1, -0.05) is 71.3 Å². The maximum absolute atomic E-state index is 15.7. The number of benzene rings is 5.